The van der Waals surface area contributed by atoms with E-state index in [0.29, 0.717) is 26.2 Å². The molecule has 1 aromatic carbocycles. The Morgan fingerprint density at radius 2 is 1.79 bits per heavy atom. The highest BCUT2D eigenvalue weighted by Crippen LogP contribution is 2.34. The van der Waals surface area contributed by atoms with E-state index in [-0.39, 0.29) is 22.3 Å². The molecular weight excluding hydrogens is 404 g/mol. The molecule has 2 aliphatic rings. The molecule has 2 heterocycles. The van der Waals surface area contributed by atoms with Crippen LogP contribution in [0.15, 0.2) is 23.1 Å². The van der Waals surface area contributed by atoms with Crippen LogP contribution in [0.25, 0.3) is 0 Å². The quantitative estimate of drug-likeness (QED) is 0.668. The first-order valence-corrected chi connectivity index (χ1v) is 12.5. The van der Waals surface area contributed by atoms with Gasteiger partial charge in [-0.15, -0.1) is 0 Å². The molecule has 0 saturated carbocycles. The van der Waals surface area contributed by atoms with Crippen LogP contribution in [-0.4, -0.2) is 88.6 Å². The van der Waals surface area contributed by atoms with Gasteiger partial charge in [0.2, 0.25) is 5.91 Å². The van der Waals surface area contributed by atoms with Gasteiger partial charge in [-0.25, -0.2) is 16.8 Å². The van der Waals surface area contributed by atoms with Crippen LogP contribution in [0.4, 0.5) is 0 Å². The van der Waals surface area contributed by atoms with Crippen molar-refractivity contribution in [3.8, 4) is 5.75 Å². The third-order valence-electron chi connectivity index (χ3n) is 5.52. The zero-order chi connectivity index (χ0) is 20.7. The number of hydrogen-bond donors (Lipinski definition) is 0. The summed E-state index contributed by atoms with van der Waals surface area (Å²) in [6.45, 7) is 5.11. The van der Waals surface area contributed by atoms with Crippen molar-refractivity contribution in [2.45, 2.75) is 30.0 Å². The largest absolute Gasteiger partial charge is 0.495 e. The molecule has 0 bridgehead atoms. The molecule has 2 aliphatic heterocycles. The van der Waals surface area contributed by atoms with E-state index in [2.05, 4.69) is 0 Å². The van der Waals surface area contributed by atoms with Crippen molar-refractivity contribution < 1.29 is 26.4 Å². The van der Waals surface area contributed by atoms with E-state index in [9.17, 15) is 21.6 Å². The highest BCUT2D eigenvalue weighted by atomic mass is 32.2. The lowest BCUT2D eigenvalue weighted by molar-refractivity contribution is -0.130. The molecule has 2 fully saturated rings. The van der Waals surface area contributed by atoms with Crippen molar-refractivity contribution in [1.29, 1.82) is 0 Å². The number of benzene rings is 1. The Morgan fingerprint density at radius 3 is 2.36 bits per heavy atom. The van der Waals surface area contributed by atoms with Gasteiger partial charge in [-0.05, 0) is 24.6 Å². The van der Waals surface area contributed by atoms with Crippen LogP contribution >= 0.6 is 0 Å². The molecule has 0 unspecified atom stereocenters. The van der Waals surface area contributed by atoms with Crippen LogP contribution in [0, 0.1) is 6.92 Å². The molecular formula is C18H26N2O6S2. The SMILES string of the molecule is COc1ccc(C)cc1S(=O)(=O)[C@@H]1CS(=O)(=O)C[C@H]1N1CCN(C(C)=O)CC1. The number of rotatable bonds is 4. The van der Waals surface area contributed by atoms with Gasteiger partial charge in [0.05, 0.1) is 23.9 Å². The summed E-state index contributed by atoms with van der Waals surface area (Å²) in [5, 5.41) is -1.06. The lowest BCUT2D eigenvalue weighted by atomic mass is 10.2. The molecule has 3 rings (SSSR count). The van der Waals surface area contributed by atoms with Crippen LogP contribution in [-0.2, 0) is 24.5 Å². The number of nitrogens with zero attached hydrogens (tertiary/aromatic N) is 2. The molecule has 0 spiro atoms. The van der Waals surface area contributed by atoms with E-state index in [1.54, 1.807) is 24.0 Å². The number of hydrogen-bond acceptors (Lipinski definition) is 7. The van der Waals surface area contributed by atoms with Crippen molar-refractivity contribution in [3.63, 3.8) is 0 Å². The fraction of sp³-hybridized carbons (Fsp3) is 0.611. The van der Waals surface area contributed by atoms with Crippen molar-refractivity contribution in [3.05, 3.63) is 23.8 Å². The molecule has 0 aromatic heterocycles. The summed E-state index contributed by atoms with van der Waals surface area (Å²) in [5.74, 6) is -0.405. The van der Waals surface area contributed by atoms with Crippen molar-refractivity contribution in [2.75, 3.05) is 44.8 Å². The number of sulfone groups is 2. The number of carbonyl (C=O) groups excluding carboxylic acids is 1. The maximum absolute atomic E-state index is 13.4. The van der Waals surface area contributed by atoms with Crippen LogP contribution in [0.3, 0.4) is 0 Å². The van der Waals surface area contributed by atoms with Crippen LogP contribution < -0.4 is 4.74 Å². The lowest BCUT2D eigenvalue weighted by Gasteiger charge is -2.39. The maximum Gasteiger partial charge on any atom is 0.219 e. The third-order valence-corrected chi connectivity index (χ3v) is 9.66. The van der Waals surface area contributed by atoms with Gasteiger partial charge in [0.25, 0.3) is 0 Å². The summed E-state index contributed by atoms with van der Waals surface area (Å²) in [7, 11) is -6.02. The minimum atomic E-state index is -3.93. The summed E-state index contributed by atoms with van der Waals surface area (Å²) < 4.78 is 56.9. The first-order valence-electron chi connectivity index (χ1n) is 9.13. The van der Waals surface area contributed by atoms with Gasteiger partial charge in [0, 0.05) is 39.1 Å². The predicted octanol–water partition coefficient (Wildman–Crippen LogP) is 0.107. The topological polar surface area (TPSA) is 101 Å². The van der Waals surface area contributed by atoms with E-state index in [0.717, 1.165) is 5.56 Å². The second-order valence-corrected chi connectivity index (χ2v) is 11.7. The average molecular weight is 431 g/mol. The van der Waals surface area contributed by atoms with E-state index in [1.165, 1.54) is 20.1 Å². The molecule has 10 heteroatoms. The first-order chi connectivity index (χ1) is 13.0. The van der Waals surface area contributed by atoms with Crippen LogP contribution in [0.1, 0.15) is 12.5 Å². The fourth-order valence-corrected chi connectivity index (χ4v) is 9.04. The van der Waals surface area contributed by atoms with Crippen molar-refractivity contribution in [1.82, 2.24) is 9.80 Å². The lowest BCUT2D eigenvalue weighted by Crippen LogP contribution is -2.55. The van der Waals surface area contributed by atoms with Crippen molar-refractivity contribution >= 4 is 25.6 Å². The molecule has 1 aromatic rings. The summed E-state index contributed by atoms with van der Waals surface area (Å²) in [6, 6.07) is 4.24. The normalized spacial score (nSPS) is 25.6. The summed E-state index contributed by atoms with van der Waals surface area (Å²) in [5.41, 5.74) is 0.756. The summed E-state index contributed by atoms with van der Waals surface area (Å²) >= 11 is 0. The Morgan fingerprint density at radius 1 is 1.14 bits per heavy atom. The van der Waals surface area contributed by atoms with Gasteiger partial charge in [0.1, 0.15) is 10.6 Å². The maximum atomic E-state index is 13.4. The molecule has 0 radical (unpaired) electrons. The molecule has 2 saturated heterocycles. The molecule has 8 nitrogen and oxygen atoms in total. The molecule has 0 N–H and O–H groups in total. The standard InChI is InChI=1S/C18H26N2O6S2/c1-13-4-5-16(26-3)17(10-13)28(24,25)18-12-27(22,23)11-15(18)20-8-6-19(7-9-20)14(2)21/h4-5,10,15,18H,6-9,11-12H2,1-3H3/t15-,18-/m1/s1. The first kappa shape index (κ1) is 21.1. The van der Waals surface area contributed by atoms with Gasteiger partial charge in [-0.1, -0.05) is 6.07 Å². The Kier molecular flexibility index (Phi) is 5.75. The molecule has 2 atom stereocenters. The number of amides is 1. The van der Waals surface area contributed by atoms with Crippen LogP contribution in [0.2, 0.25) is 0 Å². The number of piperazine rings is 1. The highest BCUT2D eigenvalue weighted by molar-refractivity contribution is 7.96. The van der Waals surface area contributed by atoms with Gasteiger partial charge in [-0.3, -0.25) is 9.69 Å². The summed E-state index contributed by atoms with van der Waals surface area (Å²) in [4.78, 5) is 15.2. The third kappa shape index (κ3) is 4.04. The predicted molar refractivity (Wildman–Crippen MR) is 105 cm³/mol. The second-order valence-electron chi connectivity index (χ2n) is 7.42. The average Bonchev–Trinajstić information content (AvgIpc) is 2.98. The number of aryl methyl sites for hydroxylation is 1. The number of methoxy groups -OCH3 is 1. The minimum Gasteiger partial charge on any atom is -0.495 e. The monoisotopic (exact) mass is 430 g/mol. The second kappa shape index (κ2) is 7.64. The van der Waals surface area contributed by atoms with E-state index in [1.807, 2.05) is 4.90 Å². The zero-order valence-electron chi connectivity index (χ0n) is 16.3. The zero-order valence-corrected chi connectivity index (χ0v) is 17.9. The smallest absolute Gasteiger partial charge is 0.219 e. The van der Waals surface area contributed by atoms with Gasteiger partial charge in [0.15, 0.2) is 19.7 Å². The van der Waals surface area contributed by atoms with Crippen molar-refractivity contribution in [2.24, 2.45) is 0 Å². The Balaban J connectivity index is 1.95. The van der Waals surface area contributed by atoms with E-state index in [4.69, 9.17) is 4.74 Å². The van der Waals surface area contributed by atoms with E-state index >= 15 is 0 Å². The molecule has 1 amide bonds. The number of carbonyl (C=O) groups is 1. The van der Waals surface area contributed by atoms with E-state index < -0.39 is 36.7 Å². The molecule has 156 valence electrons. The summed E-state index contributed by atoms with van der Waals surface area (Å²) in [6.07, 6.45) is 0. The molecule has 28 heavy (non-hydrogen) atoms. The van der Waals surface area contributed by atoms with Crippen LogP contribution in [0.5, 0.6) is 5.75 Å². The van der Waals surface area contributed by atoms with Gasteiger partial charge >= 0.3 is 0 Å². The Hall–Kier alpha value is -1.65. The fourth-order valence-electron chi connectivity index (χ4n) is 3.97. The Labute approximate surface area is 166 Å². The van der Waals surface area contributed by atoms with Gasteiger partial charge in [-0.2, -0.15) is 0 Å². The Bertz CT molecular complexity index is 966. The highest BCUT2D eigenvalue weighted by Gasteiger charge is 2.49. The minimum absolute atomic E-state index is 0.0319. The molecule has 0 aliphatic carbocycles. The number of ether oxygens (including phenoxy) is 1. The van der Waals surface area contributed by atoms with Gasteiger partial charge < -0.3 is 9.64 Å².